The molecule has 0 unspecified atom stereocenters. The monoisotopic (exact) mass is 167 g/mol. The van der Waals surface area contributed by atoms with Crippen LogP contribution in [0.3, 0.4) is 0 Å². The molecule has 0 bridgehead atoms. The van der Waals surface area contributed by atoms with E-state index in [-0.39, 0.29) is 0 Å². The van der Waals surface area contributed by atoms with E-state index in [2.05, 4.69) is 49.3 Å². The van der Waals surface area contributed by atoms with Crippen molar-refractivity contribution in [2.45, 2.75) is 33.7 Å². The van der Waals surface area contributed by atoms with Crippen LogP contribution < -0.4 is 4.57 Å². The minimum Gasteiger partial charge on any atom is -0.237 e. The van der Waals surface area contributed by atoms with Crippen LogP contribution in [-0.4, -0.2) is 4.57 Å². The molecule has 12 heavy (non-hydrogen) atoms. The average molecular weight is 167 g/mol. The van der Waals surface area contributed by atoms with Crippen LogP contribution in [0.5, 0.6) is 0 Å². The van der Waals surface area contributed by atoms with E-state index in [4.69, 9.17) is 0 Å². The molecule has 1 rings (SSSR count). The first kappa shape index (κ1) is 9.30. The summed E-state index contributed by atoms with van der Waals surface area (Å²) in [6.45, 7) is 7.83. The van der Waals surface area contributed by atoms with Crippen molar-refractivity contribution in [2.75, 3.05) is 0 Å². The van der Waals surface area contributed by atoms with Gasteiger partial charge in [-0.1, -0.05) is 13.8 Å². The molecule has 1 aromatic heterocycles. The van der Waals surface area contributed by atoms with Gasteiger partial charge >= 0.3 is 0 Å². The number of nitrogens with zero attached hydrogens (tertiary/aromatic N) is 2. The minimum atomic E-state index is 0.774. The molecule has 1 aromatic rings. The van der Waals surface area contributed by atoms with Gasteiger partial charge in [0, 0.05) is 6.92 Å². The van der Waals surface area contributed by atoms with Gasteiger partial charge in [0.05, 0.1) is 13.6 Å². The molecule has 2 nitrogen and oxygen atoms in total. The Morgan fingerprint density at radius 2 is 2.25 bits per heavy atom. The maximum absolute atomic E-state index is 2.31. The maximum atomic E-state index is 2.31. The third-order valence-corrected chi connectivity index (χ3v) is 2.60. The highest BCUT2D eigenvalue weighted by Gasteiger charge is 2.10. The highest BCUT2D eigenvalue weighted by atomic mass is 15.1. The van der Waals surface area contributed by atoms with Crippen molar-refractivity contribution in [2.24, 2.45) is 13.0 Å². The van der Waals surface area contributed by atoms with Gasteiger partial charge in [-0.05, 0) is 12.3 Å². The summed E-state index contributed by atoms with van der Waals surface area (Å²) >= 11 is 0. The molecule has 1 atom stereocenters. The van der Waals surface area contributed by atoms with Gasteiger partial charge in [-0.2, -0.15) is 0 Å². The van der Waals surface area contributed by atoms with E-state index >= 15 is 0 Å². The van der Waals surface area contributed by atoms with Gasteiger partial charge in [0.15, 0.2) is 0 Å². The first-order valence-corrected chi connectivity index (χ1v) is 4.66. The lowest BCUT2D eigenvalue weighted by atomic mass is 10.1. The SMILES string of the molecule is CC[C@H](C)Cn1cc[n+](C)c1C. The molecule has 68 valence electrons. The fourth-order valence-electron chi connectivity index (χ4n) is 1.26. The molecule has 0 saturated carbocycles. The summed E-state index contributed by atoms with van der Waals surface area (Å²) in [5.74, 6) is 2.10. The predicted molar refractivity (Wildman–Crippen MR) is 49.8 cm³/mol. The average Bonchev–Trinajstić information content (AvgIpc) is 2.36. The molecule has 0 spiro atoms. The van der Waals surface area contributed by atoms with E-state index in [0.717, 1.165) is 12.5 Å². The number of hydrogen-bond acceptors (Lipinski definition) is 0. The van der Waals surface area contributed by atoms with Crippen molar-refractivity contribution in [3.05, 3.63) is 18.2 Å². The first-order valence-electron chi connectivity index (χ1n) is 4.66. The smallest absolute Gasteiger partial charge is 0.237 e. The van der Waals surface area contributed by atoms with Crippen LogP contribution >= 0.6 is 0 Å². The quantitative estimate of drug-likeness (QED) is 0.605. The largest absolute Gasteiger partial charge is 0.253 e. The number of rotatable bonds is 3. The van der Waals surface area contributed by atoms with Gasteiger partial charge in [0.2, 0.25) is 0 Å². The molecule has 0 aromatic carbocycles. The lowest BCUT2D eigenvalue weighted by Crippen LogP contribution is -2.30. The second kappa shape index (κ2) is 3.74. The highest BCUT2D eigenvalue weighted by molar-refractivity contribution is 4.79. The molecule has 0 aliphatic heterocycles. The molecule has 1 heterocycles. The molecular formula is C10H19N2+. The van der Waals surface area contributed by atoms with Gasteiger partial charge in [-0.3, -0.25) is 0 Å². The van der Waals surface area contributed by atoms with Crippen LogP contribution in [0.2, 0.25) is 0 Å². The predicted octanol–water partition coefficient (Wildman–Crippen LogP) is 1.67. The number of aromatic nitrogens is 2. The van der Waals surface area contributed by atoms with Crippen molar-refractivity contribution in [3.8, 4) is 0 Å². The zero-order valence-corrected chi connectivity index (χ0v) is 8.54. The Labute approximate surface area is 74.8 Å². The van der Waals surface area contributed by atoms with E-state index < -0.39 is 0 Å². The van der Waals surface area contributed by atoms with E-state index in [1.165, 1.54) is 12.2 Å². The standard InChI is InChI=1S/C10H19N2/c1-5-9(2)8-12-7-6-11(4)10(12)3/h6-7,9H,5,8H2,1-4H3/q+1/t9-/m0/s1. The van der Waals surface area contributed by atoms with Gasteiger partial charge in [0.1, 0.15) is 12.4 Å². The van der Waals surface area contributed by atoms with Crippen molar-refractivity contribution < 1.29 is 4.57 Å². The fraction of sp³-hybridized carbons (Fsp3) is 0.700. The molecule has 2 heteroatoms. The molecule has 0 N–H and O–H groups in total. The Bertz CT molecular complexity index is 250. The number of imidazole rings is 1. The van der Waals surface area contributed by atoms with Gasteiger partial charge in [-0.25, -0.2) is 9.13 Å². The summed E-state index contributed by atoms with van der Waals surface area (Å²) < 4.78 is 4.47. The molecular weight excluding hydrogens is 148 g/mol. The van der Waals surface area contributed by atoms with Crippen molar-refractivity contribution >= 4 is 0 Å². The number of hydrogen-bond donors (Lipinski definition) is 0. The lowest BCUT2D eigenvalue weighted by molar-refractivity contribution is -0.677. The lowest BCUT2D eigenvalue weighted by Gasteiger charge is -2.05. The van der Waals surface area contributed by atoms with Crippen molar-refractivity contribution in [3.63, 3.8) is 0 Å². The first-order chi connectivity index (χ1) is 5.65. The highest BCUT2D eigenvalue weighted by Crippen LogP contribution is 2.05. The second-order valence-corrected chi connectivity index (χ2v) is 3.62. The van der Waals surface area contributed by atoms with E-state index in [1.54, 1.807) is 0 Å². The van der Waals surface area contributed by atoms with Crippen LogP contribution in [0.1, 0.15) is 26.1 Å². The molecule has 0 fully saturated rings. The third-order valence-electron chi connectivity index (χ3n) is 2.60. The van der Waals surface area contributed by atoms with Crippen molar-refractivity contribution in [1.82, 2.24) is 4.57 Å². The summed E-state index contributed by atoms with van der Waals surface area (Å²) in [5, 5.41) is 0. The molecule has 0 saturated heterocycles. The van der Waals surface area contributed by atoms with Crippen LogP contribution in [0.15, 0.2) is 12.4 Å². The van der Waals surface area contributed by atoms with Gasteiger partial charge < -0.3 is 0 Å². The van der Waals surface area contributed by atoms with Gasteiger partial charge in [-0.15, -0.1) is 0 Å². The van der Waals surface area contributed by atoms with Crippen LogP contribution in [0.4, 0.5) is 0 Å². The van der Waals surface area contributed by atoms with E-state index in [1.807, 2.05) is 0 Å². The van der Waals surface area contributed by atoms with Crippen LogP contribution in [-0.2, 0) is 13.6 Å². The molecule has 0 aliphatic rings. The molecule has 0 radical (unpaired) electrons. The Morgan fingerprint density at radius 3 is 2.67 bits per heavy atom. The summed E-state index contributed by atoms with van der Waals surface area (Å²) in [5.41, 5.74) is 0. The summed E-state index contributed by atoms with van der Waals surface area (Å²) in [4.78, 5) is 0. The maximum Gasteiger partial charge on any atom is 0.253 e. The number of aryl methyl sites for hydroxylation is 1. The fourth-order valence-corrected chi connectivity index (χ4v) is 1.26. The second-order valence-electron chi connectivity index (χ2n) is 3.62. The molecule has 0 amide bonds. The summed E-state index contributed by atoms with van der Waals surface area (Å²) in [6.07, 6.45) is 5.51. The third kappa shape index (κ3) is 1.87. The Kier molecular flexibility index (Phi) is 2.90. The Hall–Kier alpha value is -0.790. The minimum absolute atomic E-state index is 0.774. The summed E-state index contributed by atoms with van der Waals surface area (Å²) in [6, 6.07) is 0. The topological polar surface area (TPSA) is 8.81 Å². The Balaban J connectivity index is 2.69. The zero-order chi connectivity index (χ0) is 9.14. The van der Waals surface area contributed by atoms with Crippen LogP contribution in [0, 0.1) is 12.8 Å². The molecule has 0 aliphatic carbocycles. The van der Waals surface area contributed by atoms with Crippen LogP contribution in [0.25, 0.3) is 0 Å². The van der Waals surface area contributed by atoms with Gasteiger partial charge in [0.25, 0.3) is 5.82 Å². The van der Waals surface area contributed by atoms with Crippen molar-refractivity contribution in [1.29, 1.82) is 0 Å². The van der Waals surface area contributed by atoms with E-state index in [9.17, 15) is 0 Å². The normalized spacial score (nSPS) is 13.3. The zero-order valence-electron chi connectivity index (χ0n) is 8.54. The summed E-state index contributed by atoms with van der Waals surface area (Å²) in [7, 11) is 2.09. The van der Waals surface area contributed by atoms with E-state index in [0.29, 0.717) is 0 Å². The Morgan fingerprint density at radius 1 is 1.58 bits per heavy atom.